The molecule has 0 bridgehead atoms. The summed E-state index contributed by atoms with van der Waals surface area (Å²) in [6.45, 7) is 6.59. The number of fused-ring (bicyclic) bond motifs is 1. The standard InChI is InChI=1S/C19H26N2O3S/c1-3-23-12-11-21-16-10-9-15(24-4-2)13-17(16)25-19(21)20-18(22)14-7-5-6-8-14/h9-10,13-14H,3-8,11-12H2,1-2H3. The molecule has 1 aliphatic carbocycles. The van der Waals surface area contributed by atoms with Crippen LogP contribution in [0.25, 0.3) is 10.2 Å². The van der Waals surface area contributed by atoms with Crippen molar-refractivity contribution in [1.82, 2.24) is 4.57 Å². The molecule has 2 aromatic rings. The van der Waals surface area contributed by atoms with Gasteiger partial charge < -0.3 is 14.0 Å². The van der Waals surface area contributed by atoms with Crippen LogP contribution in [0.4, 0.5) is 0 Å². The number of amides is 1. The van der Waals surface area contributed by atoms with Crippen molar-refractivity contribution in [2.24, 2.45) is 10.9 Å². The molecule has 5 nitrogen and oxygen atoms in total. The Kier molecular flexibility index (Phi) is 6.26. The van der Waals surface area contributed by atoms with Crippen molar-refractivity contribution in [2.75, 3.05) is 19.8 Å². The molecule has 25 heavy (non-hydrogen) atoms. The van der Waals surface area contributed by atoms with E-state index in [4.69, 9.17) is 9.47 Å². The number of hydrogen-bond donors (Lipinski definition) is 0. The molecule has 136 valence electrons. The van der Waals surface area contributed by atoms with Gasteiger partial charge in [0.25, 0.3) is 5.91 Å². The van der Waals surface area contributed by atoms with Crippen LogP contribution >= 0.6 is 11.3 Å². The van der Waals surface area contributed by atoms with Crippen molar-refractivity contribution in [3.8, 4) is 5.75 Å². The summed E-state index contributed by atoms with van der Waals surface area (Å²) < 4.78 is 14.3. The second-order valence-corrected chi connectivity index (χ2v) is 7.24. The maximum absolute atomic E-state index is 12.5. The Labute approximate surface area is 152 Å². The van der Waals surface area contributed by atoms with Crippen molar-refractivity contribution >= 4 is 27.5 Å². The largest absolute Gasteiger partial charge is 0.494 e. The van der Waals surface area contributed by atoms with Crippen LogP contribution in [-0.2, 0) is 16.1 Å². The van der Waals surface area contributed by atoms with Gasteiger partial charge in [-0.05, 0) is 44.9 Å². The van der Waals surface area contributed by atoms with Crippen molar-refractivity contribution in [1.29, 1.82) is 0 Å². The molecule has 0 aliphatic heterocycles. The lowest BCUT2D eigenvalue weighted by molar-refractivity contribution is -0.121. The number of benzene rings is 1. The van der Waals surface area contributed by atoms with Gasteiger partial charge in [-0.3, -0.25) is 4.79 Å². The average Bonchev–Trinajstić information content (AvgIpc) is 3.24. The molecule has 1 fully saturated rings. The molecule has 1 heterocycles. The lowest BCUT2D eigenvalue weighted by Gasteiger charge is -2.07. The summed E-state index contributed by atoms with van der Waals surface area (Å²) in [4.78, 5) is 17.8. The van der Waals surface area contributed by atoms with Gasteiger partial charge in [0.15, 0.2) is 4.80 Å². The average molecular weight is 362 g/mol. The molecule has 0 saturated heterocycles. The van der Waals surface area contributed by atoms with E-state index in [9.17, 15) is 4.79 Å². The Morgan fingerprint density at radius 2 is 2.08 bits per heavy atom. The number of hydrogen-bond acceptors (Lipinski definition) is 4. The minimum absolute atomic E-state index is 0.0271. The first-order valence-corrected chi connectivity index (χ1v) is 9.97. The van der Waals surface area contributed by atoms with Gasteiger partial charge in [-0.1, -0.05) is 24.2 Å². The minimum atomic E-state index is 0.0271. The molecule has 1 aliphatic rings. The summed E-state index contributed by atoms with van der Waals surface area (Å²) in [6.07, 6.45) is 4.22. The first kappa shape index (κ1) is 18.1. The van der Waals surface area contributed by atoms with E-state index in [2.05, 4.69) is 9.56 Å². The molecule has 1 aromatic heterocycles. The predicted molar refractivity (Wildman–Crippen MR) is 100 cm³/mol. The second-order valence-electron chi connectivity index (χ2n) is 6.23. The highest BCUT2D eigenvalue weighted by Gasteiger charge is 2.22. The molecular weight excluding hydrogens is 336 g/mol. The normalized spacial score (nSPS) is 16.0. The van der Waals surface area contributed by atoms with E-state index in [1.54, 1.807) is 11.3 Å². The molecule has 1 saturated carbocycles. The van der Waals surface area contributed by atoms with E-state index in [0.29, 0.717) is 26.4 Å². The van der Waals surface area contributed by atoms with Gasteiger partial charge >= 0.3 is 0 Å². The van der Waals surface area contributed by atoms with E-state index in [-0.39, 0.29) is 11.8 Å². The highest BCUT2D eigenvalue weighted by atomic mass is 32.1. The third kappa shape index (κ3) is 4.30. The number of rotatable bonds is 7. The Bertz CT molecular complexity index is 788. The first-order valence-electron chi connectivity index (χ1n) is 9.15. The van der Waals surface area contributed by atoms with Crippen LogP contribution in [0, 0.1) is 5.92 Å². The van der Waals surface area contributed by atoms with E-state index in [0.717, 1.165) is 46.5 Å². The number of aromatic nitrogens is 1. The summed E-state index contributed by atoms with van der Waals surface area (Å²) in [5, 5.41) is 0. The molecule has 1 aromatic carbocycles. The zero-order chi connectivity index (χ0) is 17.6. The molecule has 0 spiro atoms. The van der Waals surface area contributed by atoms with Crippen LogP contribution in [0.5, 0.6) is 5.75 Å². The Hall–Kier alpha value is -1.66. The Balaban J connectivity index is 1.98. The van der Waals surface area contributed by atoms with Gasteiger partial charge in [0.1, 0.15) is 5.75 Å². The molecule has 0 N–H and O–H groups in total. The van der Waals surface area contributed by atoms with Crippen molar-refractivity contribution in [2.45, 2.75) is 46.1 Å². The predicted octanol–water partition coefficient (Wildman–Crippen LogP) is 3.76. The highest BCUT2D eigenvalue weighted by molar-refractivity contribution is 7.16. The molecule has 3 rings (SSSR count). The molecule has 1 amide bonds. The van der Waals surface area contributed by atoms with Gasteiger partial charge in [-0.2, -0.15) is 4.99 Å². The van der Waals surface area contributed by atoms with Crippen LogP contribution in [0.15, 0.2) is 23.2 Å². The van der Waals surface area contributed by atoms with Crippen molar-refractivity contribution < 1.29 is 14.3 Å². The van der Waals surface area contributed by atoms with E-state index in [1.807, 2.05) is 32.0 Å². The second kappa shape index (κ2) is 8.63. The van der Waals surface area contributed by atoms with Crippen LogP contribution in [0.3, 0.4) is 0 Å². The summed E-state index contributed by atoms with van der Waals surface area (Å²) in [5.41, 5.74) is 1.08. The van der Waals surface area contributed by atoms with Crippen molar-refractivity contribution in [3.05, 3.63) is 23.0 Å². The molecule has 6 heteroatoms. The SMILES string of the molecule is CCOCCn1c(=NC(=O)C2CCCC2)sc2cc(OCC)ccc21. The molecule has 0 unspecified atom stereocenters. The third-order valence-corrected chi connectivity index (χ3v) is 5.58. The van der Waals surface area contributed by atoms with Crippen LogP contribution < -0.4 is 9.54 Å². The number of nitrogens with zero attached hydrogens (tertiary/aromatic N) is 2. The first-order chi connectivity index (χ1) is 12.2. The van der Waals surface area contributed by atoms with E-state index < -0.39 is 0 Å². The van der Waals surface area contributed by atoms with Crippen LogP contribution in [-0.4, -0.2) is 30.3 Å². The summed E-state index contributed by atoms with van der Waals surface area (Å²) in [7, 11) is 0. The fraction of sp³-hybridized carbons (Fsp3) is 0.579. The lowest BCUT2D eigenvalue weighted by Crippen LogP contribution is -2.21. The topological polar surface area (TPSA) is 52.8 Å². The van der Waals surface area contributed by atoms with Gasteiger partial charge in [0.05, 0.1) is 23.4 Å². The van der Waals surface area contributed by atoms with Crippen molar-refractivity contribution in [3.63, 3.8) is 0 Å². The van der Waals surface area contributed by atoms with Crippen LogP contribution in [0.2, 0.25) is 0 Å². The minimum Gasteiger partial charge on any atom is -0.494 e. The van der Waals surface area contributed by atoms with Gasteiger partial charge in [0, 0.05) is 19.1 Å². The Morgan fingerprint density at radius 1 is 1.28 bits per heavy atom. The fourth-order valence-corrected chi connectivity index (χ4v) is 4.36. The maximum atomic E-state index is 12.5. The number of ether oxygens (including phenoxy) is 2. The third-order valence-electron chi connectivity index (χ3n) is 4.54. The van der Waals surface area contributed by atoms with E-state index in [1.165, 1.54) is 0 Å². The maximum Gasteiger partial charge on any atom is 0.251 e. The molecule has 0 radical (unpaired) electrons. The van der Waals surface area contributed by atoms with Gasteiger partial charge in [-0.15, -0.1) is 0 Å². The summed E-state index contributed by atoms with van der Waals surface area (Å²) >= 11 is 1.55. The monoisotopic (exact) mass is 362 g/mol. The zero-order valence-corrected chi connectivity index (χ0v) is 15.8. The zero-order valence-electron chi connectivity index (χ0n) is 15.0. The summed E-state index contributed by atoms with van der Waals surface area (Å²) in [5.74, 6) is 0.977. The van der Waals surface area contributed by atoms with Gasteiger partial charge in [0.2, 0.25) is 0 Å². The fourth-order valence-electron chi connectivity index (χ4n) is 3.27. The van der Waals surface area contributed by atoms with Crippen LogP contribution in [0.1, 0.15) is 39.5 Å². The quantitative estimate of drug-likeness (QED) is 0.705. The molecule has 0 atom stereocenters. The van der Waals surface area contributed by atoms with E-state index >= 15 is 0 Å². The smallest absolute Gasteiger partial charge is 0.251 e. The lowest BCUT2D eigenvalue weighted by atomic mass is 10.1. The highest BCUT2D eigenvalue weighted by Crippen LogP contribution is 2.26. The summed E-state index contributed by atoms with van der Waals surface area (Å²) in [6, 6.07) is 6.04. The number of carbonyl (C=O) groups is 1. The number of thiazole rings is 1. The Morgan fingerprint density at radius 3 is 2.80 bits per heavy atom. The molecular formula is C19H26N2O3S. The number of carbonyl (C=O) groups excluding carboxylic acids is 1. The van der Waals surface area contributed by atoms with Gasteiger partial charge in [-0.25, -0.2) is 0 Å².